The zero-order valence-corrected chi connectivity index (χ0v) is 16.3. The summed E-state index contributed by atoms with van der Waals surface area (Å²) in [6, 6.07) is 6.90. The molecule has 0 bridgehead atoms. The zero-order valence-electron chi connectivity index (χ0n) is 16.3. The molecule has 2 heterocycles. The highest BCUT2D eigenvalue weighted by Crippen LogP contribution is 2.24. The Morgan fingerprint density at radius 2 is 2.11 bits per heavy atom. The van der Waals surface area contributed by atoms with Crippen LogP contribution in [-0.4, -0.2) is 69.5 Å². The van der Waals surface area contributed by atoms with Crippen molar-refractivity contribution in [2.75, 3.05) is 53.0 Å². The van der Waals surface area contributed by atoms with Crippen LogP contribution in [0.4, 0.5) is 4.39 Å². The molecule has 6 nitrogen and oxygen atoms in total. The van der Waals surface area contributed by atoms with Crippen molar-refractivity contribution in [2.24, 2.45) is 4.99 Å². The lowest BCUT2D eigenvalue weighted by atomic mass is 10.0. The molecule has 2 aliphatic heterocycles. The first-order chi connectivity index (χ1) is 13.1. The van der Waals surface area contributed by atoms with Crippen LogP contribution < -0.4 is 10.6 Å². The molecule has 2 fully saturated rings. The van der Waals surface area contributed by atoms with Crippen molar-refractivity contribution in [2.45, 2.75) is 31.4 Å². The maximum atomic E-state index is 13.8. The van der Waals surface area contributed by atoms with Crippen LogP contribution in [0, 0.1) is 5.82 Å². The first kappa shape index (κ1) is 20.0. The van der Waals surface area contributed by atoms with Crippen LogP contribution in [-0.2, 0) is 9.47 Å². The van der Waals surface area contributed by atoms with E-state index in [2.05, 4.69) is 27.4 Å². The van der Waals surface area contributed by atoms with Crippen LogP contribution in [0.2, 0.25) is 0 Å². The fourth-order valence-corrected chi connectivity index (χ4v) is 3.72. The van der Waals surface area contributed by atoms with Crippen molar-refractivity contribution in [1.82, 2.24) is 15.5 Å². The lowest BCUT2D eigenvalue weighted by molar-refractivity contribution is 0.0166. The number of aliphatic imine (C=N–C) groups is 1. The molecule has 2 unspecified atom stereocenters. The third-order valence-corrected chi connectivity index (χ3v) is 5.34. The van der Waals surface area contributed by atoms with Gasteiger partial charge >= 0.3 is 0 Å². The van der Waals surface area contributed by atoms with E-state index in [4.69, 9.17) is 9.47 Å². The first-order valence-corrected chi connectivity index (χ1v) is 9.75. The van der Waals surface area contributed by atoms with Gasteiger partial charge in [0, 0.05) is 39.8 Å². The molecule has 27 heavy (non-hydrogen) atoms. The molecule has 2 saturated heterocycles. The lowest BCUT2D eigenvalue weighted by Gasteiger charge is -2.35. The molecule has 0 radical (unpaired) electrons. The molecule has 2 aliphatic rings. The highest BCUT2D eigenvalue weighted by Gasteiger charge is 2.30. The van der Waals surface area contributed by atoms with Crippen LogP contribution in [0.1, 0.15) is 31.4 Å². The molecule has 0 aliphatic carbocycles. The van der Waals surface area contributed by atoms with E-state index in [9.17, 15) is 4.39 Å². The average molecular weight is 378 g/mol. The van der Waals surface area contributed by atoms with Crippen LogP contribution in [0.15, 0.2) is 29.3 Å². The molecule has 0 saturated carbocycles. The van der Waals surface area contributed by atoms with Gasteiger partial charge in [-0.2, -0.15) is 0 Å². The van der Waals surface area contributed by atoms with Crippen LogP contribution in [0.25, 0.3) is 0 Å². The minimum absolute atomic E-state index is 0.0569. The molecular weight excluding hydrogens is 347 g/mol. The molecule has 2 N–H and O–H groups in total. The molecule has 2 atom stereocenters. The number of morpholine rings is 1. The SMILES string of the molecule is CN=C(NCC(c1cccc(F)c1)N1CCOCC1)NCC1(C)CCCO1. The highest BCUT2D eigenvalue weighted by atomic mass is 19.1. The third-order valence-electron chi connectivity index (χ3n) is 5.34. The number of ether oxygens (including phenoxy) is 2. The van der Waals surface area contributed by atoms with E-state index in [-0.39, 0.29) is 17.5 Å². The smallest absolute Gasteiger partial charge is 0.191 e. The monoisotopic (exact) mass is 378 g/mol. The van der Waals surface area contributed by atoms with Gasteiger partial charge in [0.15, 0.2) is 5.96 Å². The Morgan fingerprint density at radius 1 is 1.30 bits per heavy atom. The van der Waals surface area contributed by atoms with E-state index in [0.29, 0.717) is 19.8 Å². The fraction of sp³-hybridized carbons (Fsp3) is 0.650. The third kappa shape index (κ3) is 5.64. The van der Waals surface area contributed by atoms with Crippen LogP contribution >= 0.6 is 0 Å². The van der Waals surface area contributed by atoms with Crippen molar-refractivity contribution in [3.8, 4) is 0 Å². The molecular formula is C20H31FN4O2. The van der Waals surface area contributed by atoms with E-state index in [1.807, 2.05) is 6.07 Å². The van der Waals surface area contributed by atoms with Gasteiger partial charge < -0.3 is 20.1 Å². The van der Waals surface area contributed by atoms with Crippen molar-refractivity contribution in [1.29, 1.82) is 0 Å². The molecule has 1 aromatic rings. The Hall–Kier alpha value is -1.70. The summed E-state index contributed by atoms with van der Waals surface area (Å²) in [5.41, 5.74) is 0.829. The predicted molar refractivity (Wildman–Crippen MR) is 104 cm³/mol. The number of guanidine groups is 1. The average Bonchev–Trinajstić information content (AvgIpc) is 3.12. The van der Waals surface area contributed by atoms with Crippen LogP contribution in [0.3, 0.4) is 0 Å². The van der Waals surface area contributed by atoms with Gasteiger partial charge in [-0.05, 0) is 37.5 Å². The summed E-state index contributed by atoms with van der Waals surface area (Å²) in [6.45, 7) is 7.38. The normalized spacial score (nSPS) is 25.4. The Morgan fingerprint density at radius 3 is 2.78 bits per heavy atom. The van der Waals surface area contributed by atoms with Crippen molar-refractivity contribution in [3.05, 3.63) is 35.6 Å². The van der Waals surface area contributed by atoms with E-state index in [0.717, 1.165) is 50.6 Å². The predicted octanol–water partition coefficient (Wildman–Crippen LogP) is 1.93. The number of nitrogens with one attached hydrogen (secondary N) is 2. The summed E-state index contributed by atoms with van der Waals surface area (Å²) in [5.74, 6) is 0.529. The molecule has 150 valence electrons. The second-order valence-corrected chi connectivity index (χ2v) is 7.43. The van der Waals surface area contributed by atoms with Gasteiger partial charge in [-0.15, -0.1) is 0 Å². The fourth-order valence-electron chi connectivity index (χ4n) is 3.72. The zero-order chi connectivity index (χ0) is 19.1. The lowest BCUT2D eigenvalue weighted by Crippen LogP contribution is -2.49. The van der Waals surface area contributed by atoms with Crippen LogP contribution in [0.5, 0.6) is 0 Å². The number of benzene rings is 1. The summed E-state index contributed by atoms with van der Waals surface area (Å²) >= 11 is 0. The van der Waals surface area contributed by atoms with E-state index >= 15 is 0 Å². The van der Waals surface area contributed by atoms with Gasteiger partial charge in [0.05, 0.1) is 24.9 Å². The summed E-state index contributed by atoms with van der Waals surface area (Å²) in [7, 11) is 1.76. The van der Waals surface area contributed by atoms with E-state index in [1.165, 1.54) is 6.07 Å². The van der Waals surface area contributed by atoms with Gasteiger partial charge in [-0.25, -0.2) is 4.39 Å². The molecule has 7 heteroatoms. The molecule has 0 amide bonds. The Kier molecular flexibility index (Phi) is 7.04. The second-order valence-electron chi connectivity index (χ2n) is 7.43. The summed E-state index contributed by atoms with van der Waals surface area (Å²) in [5, 5.41) is 6.77. The Bertz CT molecular complexity index is 628. The molecule has 0 spiro atoms. The summed E-state index contributed by atoms with van der Waals surface area (Å²) < 4.78 is 25.1. The Balaban J connectivity index is 1.62. The molecule has 3 rings (SSSR count). The van der Waals surface area contributed by atoms with Crippen molar-refractivity contribution < 1.29 is 13.9 Å². The molecule has 0 aromatic heterocycles. The largest absolute Gasteiger partial charge is 0.379 e. The van der Waals surface area contributed by atoms with Crippen molar-refractivity contribution >= 4 is 5.96 Å². The van der Waals surface area contributed by atoms with Gasteiger partial charge in [-0.3, -0.25) is 9.89 Å². The minimum Gasteiger partial charge on any atom is -0.379 e. The van der Waals surface area contributed by atoms with Gasteiger partial charge in [0.1, 0.15) is 5.82 Å². The maximum absolute atomic E-state index is 13.8. The number of rotatable bonds is 6. The summed E-state index contributed by atoms with van der Waals surface area (Å²) in [4.78, 5) is 6.66. The first-order valence-electron chi connectivity index (χ1n) is 9.75. The maximum Gasteiger partial charge on any atom is 0.191 e. The minimum atomic E-state index is -0.209. The highest BCUT2D eigenvalue weighted by molar-refractivity contribution is 5.79. The Labute approximate surface area is 161 Å². The number of halogens is 1. The van der Waals surface area contributed by atoms with E-state index < -0.39 is 0 Å². The standard InChI is InChI=1S/C20H31FN4O2/c1-20(7-4-10-27-20)15-24-19(22-2)23-14-18(25-8-11-26-12-9-25)16-5-3-6-17(21)13-16/h3,5-6,13,18H,4,7-12,14-15H2,1-2H3,(H2,22,23,24). The quantitative estimate of drug-likeness (QED) is 0.585. The van der Waals surface area contributed by atoms with E-state index in [1.54, 1.807) is 19.2 Å². The van der Waals surface area contributed by atoms with Gasteiger partial charge in [0.25, 0.3) is 0 Å². The van der Waals surface area contributed by atoms with Gasteiger partial charge in [-0.1, -0.05) is 12.1 Å². The topological polar surface area (TPSA) is 58.1 Å². The summed E-state index contributed by atoms with van der Waals surface area (Å²) in [6.07, 6.45) is 2.15. The van der Waals surface area contributed by atoms with Gasteiger partial charge in [0.2, 0.25) is 0 Å². The number of hydrogen-bond acceptors (Lipinski definition) is 4. The van der Waals surface area contributed by atoms with Crippen molar-refractivity contribution in [3.63, 3.8) is 0 Å². The second kappa shape index (κ2) is 9.48. The molecule has 1 aromatic carbocycles. The number of nitrogens with zero attached hydrogens (tertiary/aromatic N) is 2. The number of hydrogen-bond donors (Lipinski definition) is 2.